The summed E-state index contributed by atoms with van der Waals surface area (Å²) in [5.74, 6) is 0.497. The van der Waals surface area contributed by atoms with Crippen molar-refractivity contribution in [1.29, 1.82) is 0 Å². The Hall–Kier alpha value is -1.52. The third kappa shape index (κ3) is 4.72. The third-order valence-corrected chi connectivity index (χ3v) is 4.61. The molecular weight excluding hydrogens is 331 g/mol. The number of hydrogen-bond donors (Lipinski definition) is 0. The number of aromatic nitrogens is 2. The second-order valence-corrected chi connectivity index (χ2v) is 6.59. The fourth-order valence-corrected chi connectivity index (χ4v) is 2.78. The van der Waals surface area contributed by atoms with Crippen molar-refractivity contribution in [2.75, 3.05) is 0 Å². The van der Waals surface area contributed by atoms with E-state index in [9.17, 15) is 0 Å². The van der Waals surface area contributed by atoms with E-state index in [1.54, 1.807) is 6.07 Å². The lowest BCUT2D eigenvalue weighted by atomic mass is 9.81. The van der Waals surface area contributed by atoms with E-state index in [0.717, 1.165) is 24.1 Å². The molecule has 0 saturated heterocycles. The second-order valence-electron chi connectivity index (χ2n) is 5.72. The van der Waals surface area contributed by atoms with Crippen molar-refractivity contribution in [3.05, 3.63) is 51.6 Å². The molecule has 1 heterocycles. The van der Waals surface area contributed by atoms with E-state index in [1.807, 2.05) is 24.3 Å². The van der Waals surface area contributed by atoms with E-state index in [0.29, 0.717) is 22.4 Å². The summed E-state index contributed by atoms with van der Waals surface area (Å²) in [6.07, 6.45) is 2.04. The Bertz CT molecular complexity index is 659. The van der Waals surface area contributed by atoms with Crippen molar-refractivity contribution < 1.29 is 0 Å². The first-order valence-electron chi connectivity index (χ1n) is 7.63. The number of hydrogen-bond acceptors (Lipinski definition) is 4. The zero-order chi connectivity index (χ0) is 16.9. The maximum absolute atomic E-state index is 5.95. The van der Waals surface area contributed by atoms with Crippen LogP contribution in [0, 0.1) is 0 Å². The molecular formula is C17H20Cl2N4. The van der Waals surface area contributed by atoms with Gasteiger partial charge < -0.3 is 0 Å². The van der Waals surface area contributed by atoms with Gasteiger partial charge in [0.2, 0.25) is 0 Å². The Kier molecular flexibility index (Phi) is 6.08. The first kappa shape index (κ1) is 17.8. The molecule has 1 aromatic heterocycles. The van der Waals surface area contributed by atoms with Crippen molar-refractivity contribution in [3.8, 4) is 0 Å². The molecule has 0 unspecified atom stereocenters. The van der Waals surface area contributed by atoms with E-state index in [1.165, 1.54) is 0 Å². The van der Waals surface area contributed by atoms with Crippen LogP contribution in [0.15, 0.2) is 40.6 Å². The van der Waals surface area contributed by atoms with Crippen LogP contribution in [-0.4, -0.2) is 10.2 Å². The molecule has 1 aromatic carbocycles. The summed E-state index contributed by atoms with van der Waals surface area (Å²) in [4.78, 5) is 0. The number of azo groups is 1. The predicted octanol–water partition coefficient (Wildman–Crippen LogP) is 6.15. The van der Waals surface area contributed by atoms with Crippen molar-refractivity contribution in [3.63, 3.8) is 0 Å². The van der Waals surface area contributed by atoms with Gasteiger partial charge in [-0.05, 0) is 48.7 Å². The molecule has 0 amide bonds. The number of benzene rings is 1. The van der Waals surface area contributed by atoms with Gasteiger partial charge in [-0.15, -0.1) is 10.2 Å². The van der Waals surface area contributed by atoms with E-state index in [4.69, 9.17) is 23.2 Å². The van der Waals surface area contributed by atoms with Gasteiger partial charge in [-0.1, -0.05) is 44.0 Å². The molecule has 0 fully saturated rings. The van der Waals surface area contributed by atoms with Crippen LogP contribution in [0.1, 0.15) is 44.9 Å². The quantitative estimate of drug-likeness (QED) is 0.587. The molecule has 2 aromatic rings. The van der Waals surface area contributed by atoms with Gasteiger partial charge >= 0.3 is 0 Å². The fraction of sp³-hybridized carbons (Fsp3) is 0.412. The summed E-state index contributed by atoms with van der Waals surface area (Å²) < 4.78 is 0. The zero-order valence-corrected chi connectivity index (χ0v) is 15.1. The second kappa shape index (κ2) is 7.84. The van der Waals surface area contributed by atoms with Gasteiger partial charge in [0.05, 0.1) is 12.2 Å². The zero-order valence-electron chi connectivity index (χ0n) is 13.6. The highest BCUT2D eigenvalue weighted by Crippen LogP contribution is 2.29. The average Bonchev–Trinajstić information content (AvgIpc) is 2.54. The third-order valence-electron chi connectivity index (χ3n) is 4.18. The standard InChI is InChI=1S/C17H20Cl2N4/c1-4-17(3,5-2)15-6-7-16(23-21-15)22-20-11-12-8-13(18)10-14(19)9-12/h6-10H,4-5,11H2,1-3H3. The summed E-state index contributed by atoms with van der Waals surface area (Å²) in [5.41, 5.74) is 1.95. The first-order chi connectivity index (χ1) is 11.0. The Morgan fingerprint density at radius 2 is 1.65 bits per heavy atom. The van der Waals surface area contributed by atoms with Gasteiger partial charge in [-0.25, -0.2) is 0 Å². The lowest BCUT2D eigenvalue weighted by Gasteiger charge is -2.25. The Balaban J connectivity index is 2.06. The molecule has 0 aliphatic heterocycles. The number of halogens is 2. The molecule has 122 valence electrons. The Labute approximate surface area is 147 Å². The molecule has 0 radical (unpaired) electrons. The van der Waals surface area contributed by atoms with Gasteiger partial charge in [0.15, 0.2) is 5.82 Å². The molecule has 0 N–H and O–H groups in total. The molecule has 0 saturated carbocycles. The molecule has 0 aliphatic carbocycles. The Morgan fingerprint density at radius 1 is 1.00 bits per heavy atom. The largest absolute Gasteiger partial charge is 0.195 e. The molecule has 2 rings (SSSR count). The minimum atomic E-state index is 0.0558. The van der Waals surface area contributed by atoms with Crippen LogP contribution in [0.3, 0.4) is 0 Å². The maximum atomic E-state index is 5.95. The summed E-state index contributed by atoms with van der Waals surface area (Å²) in [5, 5.41) is 17.9. The molecule has 0 atom stereocenters. The van der Waals surface area contributed by atoms with Crippen LogP contribution in [0.25, 0.3) is 0 Å². The minimum Gasteiger partial charge on any atom is -0.182 e. The van der Waals surface area contributed by atoms with Crippen LogP contribution >= 0.6 is 23.2 Å². The first-order valence-corrected chi connectivity index (χ1v) is 8.39. The molecule has 4 nitrogen and oxygen atoms in total. The summed E-state index contributed by atoms with van der Waals surface area (Å²) >= 11 is 11.9. The van der Waals surface area contributed by atoms with Gasteiger partial charge in [0.1, 0.15) is 0 Å². The van der Waals surface area contributed by atoms with Crippen LogP contribution in [0.5, 0.6) is 0 Å². The van der Waals surface area contributed by atoms with Crippen molar-refractivity contribution in [2.45, 2.75) is 45.6 Å². The van der Waals surface area contributed by atoms with Gasteiger partial charge in [0, 0.05) is 15.5 Å². The van der Waals surface area contributed by atoms with Crippen molar-refractivity contribution in [2.24, 2.45) is 10.2 Å². The Morgan fingerprint density at radius 3 is 2.17 bits per heavy atom. The van der Waals surface area contributed by atoms with E-state index in [-0.39, 0.29) is 5.41 Å². The van der Waals surface area contributed by atoms with Crippen LogP contribution in [-0.2, 0) is 12.0 Å². The van der Waals surface area contributed by atoms with E-state index < -0.39 is 0 Å². The van der Waals surface area contributed by atoms with E-state index in [2.05, 4.69) is 41.2 Å². The summed E-state index contributed by atoms with van der Waals surface area (Å²) in [7, 11) is 0. The highest BCUT2D eigenvalue weighted by atomic mass is 35.5. The van der Waals surface area contributed by atoms with Gasteiger partial charge in [0.25, 0.3) is 0 Å². The minimum absolute atomic E-state index is 0.0558. The molecule has 23 heavy (non-hydrogen) atoms. The normalized spacial score (nSPS) is 12.0. The number of rotatable bonds is 6. The lowest BCUT2D eigenvalue weighted by molar-refractivity contribution is 0.421. The summed E-state index contributed by atoms with van der Waals surface area (Å²) in [6, 6.07) is 9.14. The maximum Gasteiger partial charge on any atom is 0.195 e. The predicted molar refractivity (Wildman–Crippen MR) is 94.6 cm³/mol. The van der Waals surface area contributed by atoms with E-state index >= 15 is 0 Å². The monoisotopic (exact) mass is 350 g/mol. The summed E-state index contributed by atoms with van der Waals surface area (Å²) in [6.45, 7) is 6.91. The highest BCUT2D eigenvalue weighted by Gasteiger charge is 2.24. The molecule has 6 heteroatoms. The lowest BCUT2D eigenvalue weighted by Crippen LogP contribution is -2.21. The van der Waals surface area contributed by atoms with Crippen molar-refractivity contribution >= 4 is 29.0 Å². The fourth-order valence-electron chi connectivity index (χ4n) is 2.20. The van der Waals surface area contributed by atoms with Crippen LogP contribution in [0.2, 0.25) is 10.0 Å². The SMILES string of the molecule is CCC(C)(CC)c1ccc(N=NCc2cc(Cl)cc(Cl)c2)nn1. The number of nitrogens with zero attached hydrogens (tertiary/aromatic N) is 4. The molecule has 0 aliphatic rings. The van der Waals surface area contributed by atoms with Crippen molar-refractivity contribution in [1.82, 2.24) is 10.2 Å². The molecule has 0 bridgehead atoms. The van der Waals surface area contributed by atoms with Gasteiger partial charge in [-0.2, -0.15) is 10.2 Å². The topological polar surface area (TPSA) is 50.5 Å². The smallest absolute Gasteiger partial charge is 0.182 e. The highest BCUT2D eigenvalue weighted by molar-refractivity contribution is 6.34. The molecule has 0 spiro atoms. The van der Waals surface area contributed by atoms with Gasteiger partial charge in [-0.3, -0.25) is 0 Å². The average molecular weight is 351 g/mol. The van der Waals surface area contributed by atoms with Crippen LogP contribution in [0.4, 0.5) is 5.82 Å². The van der Waals surface area contributed by atoms with Crippen LogP contribution < -0.4 is 0 Å².